The Labute approximate surface area is 231 Å². The van der Waals surface area contributed by atoms with Gasteiger partial charge in [-0.1, -0.05) is 54.2 Å². The topological polar surface area (TPSA) is 85.7 Å². The monoisotopic (exact) mass is 521 g/mol. The molecule has 1 aromatic heterocycles. The molecule has 38 heavy (non-hydrogen) atoms. The zero-order valence-corrected chi connectivity index (χ0v) is 25.3. The van der Waals surface area contributed by atoms with E-state index < -0.39 is 0 Å². The van der Waals surface area contributed by atoms with E-state index in [4.69, 9.17) is 0 Å². The summed E-state index contributed by atoms with van der Waals surface area (Å²) in [5, 5.41) is 13.8. The lowest BCUT2D eigenvalue weighted by Crippen LogP contribution is -2.47. The molecule has 1 unspecified atom stereocenters. The highest BCUT2D eigenvalue weighted by Crippen LogP contribution is 2.43. The van der Waals surface area contributed by atoms with Gasteiger partial charge < -0.3 is 21.3 Å². The Morgan fingerprint density at radius 3 is 2.24 bits per heavy atom. The minimum atomic E-state index is -0.148. The van der Waals surface area contributed by atoms with Crippen molar-refractivity contribution in [2.24, 2.45) is 15.4 Å². The molecule has 0 aromatic carbocycles. The largest absolute Gasteiger partial charge is 0.360 e. The second-order valence-corrected chi connectivity index (χ2v) is 10.3. The maximum absolute atomic E-state index is 4.53. The van der Waals surface area contributed by atoms with Gasteiger partial charge in [-0.05, 0) is 62.1 Å². The maximum atomic E-state index is 4.53. The van der Waals surface area contributed by atoms with Crippen molar-refractivity contribution in [1.29, 1.82) is 0 Å². The molecule has 7 nitrogen and oxygen atoms in total. The van der Waals surface area contributed by atoms with Gasteiger partial charge in [0.2, 0.25) is 0 Å². The van der Waals surface area contributed by atoms with Crippen LogP contribution in [0.2, 0.25) is 0 Å². The van der Waals surface area contributed by atoms with Crippen molar-refractivity contribution < 1.29 is 0 Å². The molecule has 2 fully saturated rings. The summed E-state index contributed by atoms with van der Waals surface area (Å²) in [7, 11) is 3.61. The zero-order valence-electron chi connectivity index (χ0n) is 25.3. The van der Waals surface area contributed by atoms with Crippen molar-refractivity contribution in [1.82, 2.24) is 20.9 Å². The highest BCUT2D eigenvalue weighted by molar-refractivity contribution is 6.08. The van der Waals surface area contributed by atoms with Gasteiger partial charge in [-0.2, -0.15) is 0 Å². The Bertz CT molecular complexity index is 1050. The predicted octanol–water partition coefficient (Wildman–Crippen LogP) is 6.14. The van der Waals surface area contributed by atoms with E-state index in [9.17, 15) is 0 Å². The lowest BCUT2D eigenvalue weighted by atomic mass is 9.85. The molecule has 4 heterocycles. The number of nitrogens with zero attached hydrogens (tertiary/aromatic N) is 3. The number of hydrogen-bond donors (Lipinski definition) is 4. The molecule has 7 heteroatoms. The van der Waals surface area contributed by atoms with E-state index in [2.05, 4.69) is 62.7 Å². The quantitative estimate of drug-likeness (QED) is 0.384. The third-order valence-electron chi connectivity index (χ3n) is 6.84. The predicted molar refractivity (Wildman–Crippen MR) is 165 cm³/mol. The summed E-state index contributed by atoms with van der Waals surface area (Å²) in [5.41, 5.74) is 7.14. The molecule has 3 aliphatic heterocycles. The van der Waals surface area contributed by atoms with Gasteiger partial charge in [0.15, 0.2) is 0 Å². The Balaban J connectivity index is 0.000000356. The molecule has 0 amide bonds. The van der Waals surface area contributed by atoms with Crippen LogP contribution in [-0.2, 0) is 0 Å². The average Bonchev–Trinajstić information content (AvgIpc) is 3.72. The summed E-state index contributed by atoms with van der Waals surface area (Å²) in [6.45, 7) is 21.1. The Morgan fingerprint density at radius 1 is 1.05 bits per heavy atom. The first-order valence-corrected chi connectivity index (χ1v) is 14.3. The van der Waals surface area contributed by atoms with E-state index in [0.29, 0.717) is 11.3 Å². The van der Waals surface area contributed by atoms with E-state index in [1.54, 1.807) is 7.05 Å². The van der Waals surface area contributed by atoms with Crippen LogP contribution in [0.4, 0.5) is 5.69 Å². The molecule has 1 aliphatic carbocycles. The van der Waals surface area contributed by atoms with Gasteiger partial charge in [0.05, 0.1) is 11.9 Å². The minimum Gasteiger partial charge on any atom is -0.360 e. The van der Waals surface area contributed by atoms with Crippen LogP contribution >= 0.6 is 0 Å². The second-order valence-electron chi connectivity index (χ2n) is 10.3. The van der Waals surface area contributed by atoms with Crippen molar-refractivity contribution >= 4 is 17.4 Å². The number of rotatable bonds is 3. The fourth-order valence-corrected chi connectivity index (χ4v) is 4.85. The van der Waals surface area contributed by atoms with Crippen molar-refractivity contribution in [3.05, 3.63) is 59.1 Å². The summed E-state index contributed by atoms with van der Waals surface area (Å²) in [4.78, 5) is 13.3. The number of hydrogen-bond acceptors (Lipinski definition) is 5. The van der Waals surface area contributed by atoms with Crippen LogP contribution in [-0.4, -0.2) is 50.0 Å². The molecular weight excluding hydrogens is 470 g/mol. The summed E-state index contributed by atoms with van der Waals surface area (Å²) in [5.74, 6) is 2.36. The standard InChI is InChI=1S/C20H24N6.C7H15N.2C2H6/c1-5-13(14-8-11(2)24-18(14)21-3)19-25-16-10-23-9-15(12-6-7-12)17(16)20(22-4)26-19;1-7(2)4-3-5-8-6-7;2*1-2/h5,8-10,12,19,25H,1,6-7H2,2-4H3,(H,21,24)(H,22,26);8H,3-6H2,1-2H3;2*1-2H3/b14-13+;;;. The fraction of sp³-hybridized carbons (Fsp3) is 0.581. The lowest BCUT2D eigenvalue weighted by molar-refractivity contribution is 0.265. The van der Waals surface area contributed by atoms with Gasteiger partial charge in [-0.3, -0.25) is 15.0 Å². The number of pyridine rings is 1. The van der Waals surface area contributed by atoms with Crippen LogP contribution in [0.1, 0.15) is 91.2 Å². The van der Waals surface area contributed by atoms with Gasteiger partial charge in [-0.25, -0.2) is 0 Å². The Hall–Kier alpha value is -2.93. The van der Waals surface area contributed by atoms with Gasteiger partial charge in [0.1, 0.15) is 17.8 Å². The number of amidine groups is 2. The number of allylic oxidation sites excluding steroid dienone is 1. The number of nitrogens with one attached hydrogen (secondary N) is 4. The van der Waals surface area contributed by atoms with Crippen LogP contribution in [0.25, 0.3) is 0 Å². The van der Waals surface area contributed by atoms with E-state index in [1.165, 1.54) is 44.3 Å². The van der Waals surface area contributed by atoms with Crippen molar-refractivity contribution in [3.8, 4) is 0 Å². The molecule has 5 rings (SSSR count). The normalized spacial score (nSPS) is 24.3. The maximum Gasteiger partial charge on any atom is 0.132 e. The van der Waals surface area contributed by atoms with Crippen molar-refractivity contribution in [2.75, 3.05) is 32.5 Å². The van der Waals surface area contributed by atoms with Crippen LogP contribution in [0, 0.1) is 5.41 Å². The number of anilines is 1. The van der Waals surface area contributed by atoms with Crippen molar-refractivity contribution in [2.45, 2.75) is 86.2 Å². The molecule has 0 bridgehead atoms. The number of fused-ring (bicyclic) bond motifs is 1. The molecule has 0 spiro atoms. The highest BCUT2D eigenvalue weighted by atomic mass is 15.2. The summed E-state index contributed by atoms with van der Waals surface area (Å²) in [6.07, 6.45) is 12.9. The Morgan fingerprint density at radius 2 is 1.74 bits per heavy atom. The molecule has 0 radical (unpaired) electrons. The first kappa shape index (κ1) is 31.3. The molecule has 1 saturated carbocycles. The first-order chi connectivity index (χ1) is 18.4. The number of aliphatic imine (C=N–C) groups is 2. The molecule has 4 aliphatic rings. The van der Waals surface area contributed by atoms with E-state index in [0.717, 1.165) is 39.8 Å². The number of piperidine rings is 1. The van der Waals surface area contributed by atoms with Gasteiger partial charge in [-0.15, -0.1) is 0 Å². The average molecular weight is 522 g/mol. The van der Waals surface area contributed by atoms with E-state index >= 15 is 0 Å². The third-order valence-corrected chi connectivity index (χ3v) is 6.84. The second kappa shape index (κ2) is 14.9. The molecule has 1 atom stereocenters. The third kappa shape index (κ3) is 7.79. The summed E-state index contributed by atoms with van der Waals surface area (Å²) in [6, 6.07) is 0. The van der Waals surface area contributed by atoms with E-state index in [1.807, 2.05) is 60.1 Å². The Kier molecular flexibility index (Phi) is 12.2. The molecule has 1 saturated heterocycles. The van der Waals surface area contributed by atoms with Crippen LogP contribution < -0.4 is 21.3 Å². The minimum absolute atomic E-state index is 0.148. The van der Waals surface area contributed by atoms with Crippen LogP contribution in [0.15, 0.2) is 58.0 Å². The summed E-state index contributed by atoms with van der Waals surface area (Å²) < 4.78 is 0. The lowest BCUT2D eigenvalue weighted by Gasteiger charge is -2.32. The van der Waals surface area contributed by atoms with Gasteiger partial charge >= 0.3 is 0 Å². The highest BCUT2D eigenvalue weighted by Gasteiger charge is 2.34. The van der Waals surface area contributed by atoms with Crippen molar-refractivity contribution in [3.63, 3.8) is 0 Å². The smallest absolute Gasteiger partial charge is 0.132 e. The number of aromatic nitrogens is 1. The zero-order chi connectivity index (χ0) is 28.3. The molecule has 1 aromatic rings. The molecular formula is C31H51N7. The SMILES string of the molecule is C=C/C(=C1/C=C(C)NC1=NC)C1NC(=NC)c2c(cncc2C2CC2)N1.CC.CC.CC1(C)CCCNC1. The van der Waals surface area contributed by atoms with Crippen LogP contribution in [0.5, 0.6) is 0 Å². The first-order valence-electron chi connectivity index (χ1n) is 14.3. The molecule has 4 N–H and O–H groups in total. The van der Waals surface area contributed by atoms with Gasteiger partial charge in [0.25, 0.3) is 0 Å². The van der Waals surface area contributed by atoms with E-state index in [-0.39, 0.29) is 6.17 Å². The van der Waals surface area contributed by atoms with Crippen LogP contribution in [0.3, 0.4) is 0 Å². The fourth-order valence-electron chi connectivity index (χ4n) is 4.85. The molecule has 210 valence electrons. The summed E-state index contributed by atoms with van der Waals surface area (Å²) >= 11 is 0. The van der Waals surface area contributed by atoms with Gasteiger partial charge in [0, 0.05) is 49.2 Å².